The first-order chi connectivity index (χ1) is 8.32. The smallest absolute Gasteiger partial charge is 0.152 e. The van der Waals surface area contributed by atoms with Crippen LogP contribution in [0, 0.1) is 0 Å². The fourth-order valence-electron chi connectivity index (χ4n) is 2.03. The molecule has 0 heterocycles. The summed E-state index contributed by atoms with van der Waals surface area (Å²) in [6, 6.07) is 3.58. The molecule has 0 amide bonds. The summed E-state index contributed by atoms with van der Waals surface area (Å²) in [5, 5.41) is 9.80. The Morgan fingerprint density at radius 2 is 1.56 bits per heavy atom. The summed E-state index contributed by atoms with van der Waals surface area (Å²) in [4.78, 5) is 11.1. The molecule has 0 saturated carbocycles. The molecule has 0 aliphatic heterocycles. The number of hydrogen-bond donors (Lipinski definition) is 1. The number of ketones is 1. The van der Waals surface area contributed by atoms with Gasteiger partial charge in [-0.15, -0.1) is 0 Å². The lowest BCUT2D eigenvalue weighted by atomic mass is 9.88. The molecule has 18 heavy (non-hydrogen) atoms. The van der Waals surface area contributed by atoms with Crippen LogP contribution in [0.4, 0.5) is 0 Å². The zero-order chi connectivity index (χ0) is 13.9. The van der Waals surface area contributed by atoms with Crippen molar-refractivity contribution in [3.8, 4) is 5.75 Å². The number of phenolic OH excluding ortho intramolecular Hbond substituents is 1. The Balaban J connectivity index is 3.45. The molecule has 1 N–H and O–H groups in total. The third-order valence-corrected chi connectivity index (χ3v) is 2.96. The summed E-state index contributed by atoms with van der Waals surface area (Å²) in [7, 11) is 0. The molecule has 0 spiro atoms. The van der Waals surface area contributed by atoms with Gasteiger partial charge in [0.25, 0.3) is 0 Å². The molecule has 0 bridgehead atoms. The van der Waals surface area contributed by atoms with Crippen LogP contribution >= 0.6 is 0 Å². The Kier molecular flexibility index (Phi) is 4.71. The molecule has 2 heteroatoms. The zero-order valence-electron chi connectivity index (χ0n) is 11.8. The topological polar surface area (TPSA) is 37.3 Å². The average molecular weight is 246 g/mol. The second-order valence-electron chi connectivity index (χ2n) is 5.29. The lowest BCUT2D eigenvalue weighted by Gasteiger charge is -2.18. The second-order valence-corrected chi connectivity index (χ2v) is 5.29. The average Bonchev–Trinajstić information content (AvgIpc) is 2.25. The van der Waals surface area contributed by atoms with Crippen molar-refractivity contribution in [2.75, 3.05) is 0 Å². The van der Waals surface area contributed by atoms with Gasteiger partial charge in [0, 0.05) is 0 Å². The van der Waals surface area contributed by atoms with Gasteiger partial charge in [0.1, 0.15) is 5.75 Å². The minimum Gasteiger partial charge on any atom is -0.508 e. The van der Waals surface area contributed by atoms with E-state index in [2.05, 4.69) is 27.7 Å². The Morgan fingerprint density at radius 3 is 1.89 bits per heavy atom. The van der Waals surface area contributed by atoms with Gasteiger partial charge < -0.3 is 5.11 Å². The summed E-state index contributed by atoms with van der Waals surface area (Å²) in [5.74, 6) is 0.942. The van der Waals surface area contributed by atoms with E-state index in [1.165, 1.54) is 0 Å². The minimum atomic E-state index is 0.0347. The molecule has 0 aliphatic rings. The number of phenols is 1. The normalized spacial score (nSPS) is 11.7. The fourth-order valence-corrected chi connectivity index (χ4v) is 2.03. The minimum absolute atomic E-state index is 0.0347. The van der Waals surface area contributed by atoms with Gasteiger partial charge >= 0.3 is 0 Å². The molecule has 0 unspecified atom stereocenters. The fraction of sp³-hybridized carbons (Fsp3) is 0.438. The molecule has 2 nitrogen and oxygen atoms in total. The molecule has 1 aromatic rings. The van der Waals surface area contributed by atoms with Gasteiger partial charge in [-0.05, 0) is 53.7 Å². The standard InChI is InChI=1S/C16H22O2/c1-10(2)15-8-13(18)9-16(11(3)4)14(15)7-6-12(5)17/h6-11,18H,1-5H3/b7-6+. The number of aromatic hydroxyl groups is 1. The first-order valence-electron chi connectivity index (χ1n) is 6.38. The van der Waals surface area contributed by atoms with Crippen LogP contribution in [0.1, 0.15) is 63.1 Å². The summed E-state index contributed by atoms with van der Waals surface area (Å²) in [5.41, 5.74) is 3.22. The Labute approximate surface area is 109 Å². The van der Waals surface area contributed by atoms with E-state index in [1.54, 1.807) is 25.1 Å². The molecule has 0 radical (unpaired) electrons. The summed E-state index contributed by atoms with van der Waals surface area (Å²) < 4.78 is 0. The van der Waals surface area contributed by atoms with Crippen molar-refractivity contribution < 1.29 is 9.90 Å². The highest BCUT2D eigenvalue weighted by atomic mass is 16.3. The Morgan fingerprint density at radius 1 is 1.11 bits per heavy atom. The quantitative estimate of drug-likeness (QED) is 0.807. The van der Waals surface area contributed by atoms with Crippen LogP contribution in [0.2, 0.25) is 0 Å². The van der Waals surface area contributed by atoms with Gasteiger partial charge in [0.05, 0.1) is 0 Å². The first-order valence-corrected chi connectivity index (χ1v) is 6.38. The van der Waals surface area contributed by atoms with Crippen molar-refractivity contribution in [1.82, 2.24) is 0 Å². The van der Waals surface area contributed by atoms with Gasteiger partial charge in [-0.25, -0.2) is 0 Å². The SMILES string of the molecule is CC(=O)/C=C/c1c(C(C)C)cc(O)cc1C(C)C. The number of allylic oxidation sites excluding steroid dienone is 1. The number of hydrogen-bond acceptors (Lipinski definition) is 2. The first kappa shape index (κ1) is 14.5. The maximum atomic E-state index is 11.1. The highest BCUT2D eigenvalue weighted by Crippen LogP contribution is 2.32. The second kappa shape index (κ2) is 5.85. The van der Waals surface area contributed by atoms with E-state index in [9.17, 15) is 9.90 Å². The van der Waals surface area contributed by atoms with Gasteiger partial charge in [-0.1, -0.05) is 33.8 Å². The van der Waals surface area contributed by atoms with Crippen LogP contribution in [0.25, 0.3) is 6.08 Å². The third-order valence-electron chi connectivity index (χ3n) is 2.96. The molecule has 0 fully saturated rings. The molecule has 0 saturated heterocycles. The van der Waals surface area contributed by atoms with Crippen molar-refractivity contribution in [1.29, 1.82) is 0 Å². The molecule has 0 aliphatic carbocycles. The molecule has 1 rings (SSSR count). The number of carbonyl (C=O) groups excluding carboxylic acids is 1. The van der Waals surface area contributed by atoms with Crippen LogP contribution in [0.5, 0.6) is 5.75 Å². The maximum absolute atomic E-state index is 11.1. The van der Waals surface area contributed by atoms with Crippen LogP contribution in [-0.2, 0) is 4.79 Å². The highest BCUT2D eigenvalue weighted by molar-refractivity contribution is 5.92. The van der Waals surface area contributed by atoms with Crippen molar-refractivity contribution >= 4 is 11.9 Å². The molecule has 0 aromatic heterocycles. The van der Waals surface area contributed by atoms with E-state index in [0.717, 1.165) is 16.7 Å². The molecular formula is C16H22O2. The van der Waals surface area contributed by atoms with E-state index in [0.29, 0.717) is 17.6 Å². The Hall–Kier alpha value is -1.57. The van der Waals surface area contributed by atoms with E-state index < -0.39 is 0 Å². The van der Waals surface area contributed by atoms with Gasteiger partial charge in [-0.2, -0.15) is 0 Å². The monoisotopic (exact) mass is 246 g/mol. The van der Waals surface area contributed by atoms with Crippen molar-refractivity contribution in [2.45, 2.75) is 46.5 Å². The summed E-state index contributed by atoms with van der Waals surface area (Å²) in [6.45, 7) is 9.89. The van der Waals surface area contributed by atoms with E-state index in [1.807, 2.05) is 6.08 Å². The summed E-state index contributed by atoms with van der Waals surface area (Å²) >= 11 is 0. The van der Waals surface area contributed by atoms with Gasteiger partial charge in [0.15, 0.2) is 5.78 Å². The largest absolute Gasteiger partial charge is 0.508 e. The lowest BCUT2D eigenvalue weighted by Crippen LogP contribution is -2.00. The third kappa shape index (κ3) is 3.46. The van der Waals surface area contributed by atoms with Crippen LogP contribution in [-0.4, -0.2) is 10.9 Å². The summed E-state index contributed by atoms with van der Waals surface area (Å²) in [6.07, 6.45) is 3.45. The predicted molar refractivity (Wildman–Crippen MR) is 76.0 cm³/mol. The molecule has 0 atom stereocenters. The highest BCUT2D eigenvalue weighted by Gasteiger charge is 2.13. The molecule has 1 aromatic carbocycles. The number of benzene rings is 1. The van der Waals surface area contributed by atoms with Crippen molar-refractivity contribution in [2.24, 2.45) is 0 Å². The lowest BCUT2D eigenvalue weighted by molar-refractivity contribution is -0.112. The zero-order valence-corrected chi connectivity index (χ0v) is 11.8. The van der Waals surface area contributed by atoms with E-state index >= 15 is 0 Å². The van der Waals surface area contributed by atoms with E-state index in [-0.39, 0.29) is 5.78 Å². The van der Waals surface area contributed by atoms with Crippen LogP contribution in [0.15, 0.2) is 18.2 Å². The van der Waals surface area contributed by atoms with Gasteiger partial charge in [-0.3, -0.25) is 4.79 Å². The van der Waals surface area contributed by atoms with E-state index in [4.69, 9.17) is 0 Å². The Bertz CT molecular complexity index is 439. The van der Waals surface area contributed by atoms with Crippen LogP contribution < -0.4 is 0 Å². The van der Waals surface area contributed by atoms with Crippen molar-refractivity contribution in [3.05, 3.63) is 34.9 Å². The number of rotatable bonds is 4. The molecule has 98 valence electrons. The van der Waals surface area contributed by atoms with Crippen molar-refractivity contribution in [3.63, 3.8) is 0 Å². The number of carbonyl (C=O) groups is 1. The van der Waals surface area contributed by atoms with Crippen LogP contribution in [0.3, 0.4) is 0 Å². The molecular weight excluding hydrogens is 224 g/mol. The predicted octanol–water partition coefficient (Wildman–Crippen LogP) is 4.24. The maximum Gasteiger partial charge on any atom is 0.152 e. The van der Waals surface area contributed by atoms with Gasteiger partial charge in [0.2, 0.25) is 0 Å².